The summed E-state index contributed by atoms with van der Waals surface area (Å²) in [5.41, 5.74) is 8.37. The predicted molar refractivity (Wildman–Crippen MR) is 78.2 cm³/mol. The van der Waals surface area contributed by atoms with E-state index >= 15 is 0 Å². The summed E-state index contributed by atoms with van der Waals surface area (Å²) in [5.74, 6) is 2.11. The minimum atomic E-state index is 0.488. The topological polar surface area (TPSA) is 35.2 Å². The van der Waals surface area contributed by atoms with Crippen LogP contribution < -0.4 is 10.5 Å². The first kappa shape index (κ1) is 15.0. The van der Waals surface area contributed by atoms with Crippen LogP contribution >= 0.6 is 0 Å². The molecule has 2 nitrogen and oxygen atoms in total. The van der Waals surface area contributed by atoms with Crippen molar-refractivity contribution in [3.05, 3.63) is 29.3 Å². The Morgan fingerprint density at radius 3 is 2.50 bits per heavy atom. The highest BCUT2D eigenvalue weighted by Crippen LogP contribution is 2.34. The van der Waals surface area contributed by atoms with E-state index in [0.717, 1.165) is 31.7 Å². The minimum Gasteiger partial charge on any atom is -0.494 e. The molecule has 0 saturated carbocycles. The molecule has 0 aliphatic rings. The summed E-state index contributed by atoms with van der Waals surface area (Å²) in [7, 11) is 0. The van der Waals surface area contributed by atoms with Gasteiger partial charge in [-0.3, -0.25) is 0 Å². The lowest BCUT2D eigenvalue weighted by atomic mass is 9.85. The summed E-state index contributed by atoms with van der Waals surface area (Å²) in [6, 6.07) is 6.57. The van der Waals surface area contributed by atoms with Crippen LogP contribution in [-0.2, 0) is 6.42 Å². The van der Waals surface area contributed by atoms with Crippen molar-refractivity contribution in [3.63, 3.8) is 0 Å². The summed E-state index contributed by atoms with van der Waals surface area (Å²) in [6.07, 6.45) is 2.13. The summed E-state index contributed by atoms with van der Waals surface area (Å²) < 4.78 is 5.75. The van der Waals surface area contributed by atoms with E-state index in [2.05, 4.69) is 39.0 Å². The third-order valence-electron chi connectivity index (χ3n) is 3.75. The summed E-state index contributed by atoms with van der Waals surface area (Å²) in [4.78, 5) is 0. The van der Waals surface area contributed by atoms with E-state index in [-0.39, 0.29) is 0 Å². The molecule has 1 aromatic carbocycles. The zero-order valence-corrected chi connectivity index (χ0v) is 12.2. The Hall–Kier alpha value is -1.02. The van der Waals surface area contributed by atoms with E-state index in [0.29, 0.717) is 11.8 Å². The number of hydrogen-bond donors (Lipinski definition) is 1. The number of ether oxygens (including phenoxy) is 1. The Bertz CT molecular complexity index is 362. The van der Waals surface area contributed by atoms with Crippen LogP contribution in [0.1, 0.15) is 51.2 Å². The Morgan fingerprint density at radius 2 is 1.94 bits per heavy atom. The van der Waals surface area contributed by atoms with E-state index < -0.39 is 0 Å². The molecule has 0 radical (unpaired) electrons. The third kappa shape index (κ3) is 3.74. The van der Waals surface area contributed by atoms with E-state index in [4.69, 9.17) is 10.5 Å². The highest BCUT2D eigenvalue weighted by Gasteiger charge is 2.18. The smallest absolute Gasteiger partial charge is 0.122 e. The molecule has 0 heterocycles. The van der Waals surface area contributed by atoms with Crippen LogP contribution in [0.2, 0.25) is 0 Å². The summed E-state index contributed by atoms with van der Waals surface area (Å²) >= 11 is 0. The van der Waals surface area contributed by atoms with Crippen molar-refractivity contribution in [2.45, 2.75) is 46.5 Å². The lowest BCUT2D eigenvalue weighted by Gasteiger charge is -2.23. The van der Waals surface area contributed by atoms with Crippen molar-refractivity contribution in [2.24, 2.45) is 11.7 Å². The SMILES string of the molecule is CCOc1ccc(CC)cc1C(C)C(C)CCN. The average Bonchev–Trinajstić information content (AvgIpc) is 2.39. The van der Waals surface area contributed by atoms with Gasteiger partial charge in [0.05, 0.1) is 6.61 Å². The second-order valence-electron chi connectivity index (χ2n) is 5.00. The van der Waals surface area contributed by atoms with Gasteiger partial charge in [-0.05, 0) is 55.3 Å². The highest BCUT2D eigenvalue weighted by atomic mass is 16.5. The van der Waals surface area contributed by atoms with Crippen molar-refractivity contribution in [3.8, 4) is 5.75 Å². The number of nitrogens with two attached hydrogens (primary N) is 1. The molecule has 0 aliphatic heterocycles. The number of rotatable bonds is 7. The van der Waals surface area contributed by atoms with Gasteiger partial charge in [0.25, 0.3) is 0 Å². The highest BCUT2D eigenvalue weighted by molar-refractivity contribution is 5.40. The second kappa shape index (κ2) is 7.42. The molecule has 0 amide bonds. The first-order chi connectivity index (χ1) is 8.63. The Morgan fingerprint density at radius 1 is 1.22 bits per heavy atom. The van der Waals surface area contributed by atoms with Crippen molar-refractivity contribution in [1.82, 2.24) is 0 Å². The minimum absolute atomic E-state index is 0.488. The Kier molecular flexibility index (Phi) is 6.20. The maximum atomic E-state index is 5.75. The third-order valence-corrected chi connectivity index (χ3v) is 3.75. The van der Waals surface area contributed by atoms with E-state index in [1.165, 1.54) is 11.1 Å². The van der Waals surface area contributed by atoms with E-state index in [1.807, 2.05) is 6.92 Å². The first-order valence-electron chi connectivity index (χ1n) is 7.09. The van der Waals surface area contributed by atoms with Gasteiger partial charge in [0.2, 0.25) is 0 Å². The molecule has 1 aromatic rings. The molecule has 2 N–H and O–H groups in total. The van der Waals surface area contributed by atoms with Gasteiger partial charge in [0.1, 0.15) is 5.75 Å². The fraction of sp³-hybridized carbons (Fsp3) is 0.625. The molecule has 0 bridgehead atoms. The van der Waals surface area contributed by atoms with Gasteiger partial charge in [0, 0.05) is 0 Å². The molecule has 0 saturated heterocycles. The monoisotopic (exact) mass is 249 g/mol. The lowest BCUT2D eigenvalue weighted by molar-refractivity contribution is 0.328. The summed E-state index contributed by atoms with van der Waals surface area (Å²) in [5, 5.41) is 0. The van der Waals surface area contributed by atoms with Gasteiger partial charge in [0.15, 0.2) is 0 Å². The van der Waals surface area contributed by atoms with Crippen LogP contribution in [0, 0.1) is 5.92 Å². The molecule has 1 rings (SSSR count). The fourth-order valence-electron chi connectivity index (χ4n) is 2.28. The molecule has 0 fully saturated rings. The average molecular weight is 249 g/mol. The van der Waals surface area contributed by atoms with Crippen molar-refractivity contribution in [2.75, 3.05) is 13.2 Å². The van der Waals surface area contributed by atoms with Crippen LogP contribution in [0.3, 0.4) is 0 Å². The number of benzene rings is 1. The molecule has 2 heteroatoms. The van der Waals surface area contributed by atoms with Crippen molar-refractivity contribution < 1.29 is 4.74 Å². The van der Waals surface area contributed by atoms with Crippen molar-refractivity contribution in [1.29, 1.82) is 0 Å². The van der Waals surface area contributed by atoms with Gasteiger partial charge in [-0.2, -0.15) is 0 Å². The van der Waals surface area contributed by atoms with Gasteiger partial charge < -0.3 is 10.5 Å². The zero-order chi connectivity index (χ0) is 13.5. The first-order valence-corrected chi connectivity index (χ1v) is 7.09. The van der Waals surface area contributed by atoms with Gasteiger partial charge >= 0.3 is 0 Å². The maximum Gasteiger partial charge on any atom is 0.122 e. The Balaban J connectivity index is 3.01. The number of hydrogen-bond acceptors (Lipinski definition) is 2. The zero-order valence-electron chi connectivity index (χ0n) is 12.2. The molecule has 2 atom stereocenters. The van der Waals surface area contributed by atoms with Crippen LogP contribution in [0.25, 0.3) is 0 Å². The largest absolute Gasteiger partial charge is 0.494 e. The van der Waals surface area contributed by atoms with Crippen LogP contribution in [0.5, 0.6) is 5.75 Å². The van der Waals surface area contributed by atoms with Crippen LogP contribution in [0.15, 0.2) is 18.2 Å². The fourth-order valence-corrected chi connectivity index (χ4v) is 2.28. The van der Waals surface area contributed by atoms with Crippen LogP contribution in [-0.4, -0.2) is 13.2 Å². The maximum absolute atomic E-state index is 5.75. The normalized spacial score (nSPS) is 14.3. The molecular weight excluding hydrogens is 222 g/mol. The predicted octanol–water partition coefficient (Wildman–Crippen LogP) is 3.74. The molecule has 0 aliphatic carbocycles. The number of aryl methyl sites for hydroxylation is 1. The van der Waals surface area contributed by atoms with Crippen molar-refractivity contribution >= 4 is 0 Å². The summed E-state index contributed by atoms with van der Waals surface area (Å²) in [6.45, 7) is 10.2. The quantitative estimate of drug-likeness (QED) is 0.799. The standard InChI is InChI=1S/C16H27NO/c1-5-14-7-8-16(18-6-2)15(11-14)13(4)12(3)9-10-17/h7-8,11-13H,5-6,9-10,17H2,1-4H3. The van der Waals surface area contributed by atoms with Gasteiger partial charge in [-0.25, -0.2) is 0 Å². The molecule has 2 unspecified atom stereocenters. The molecule has 18 heavy (non-hydrogen) atoms. The lowest BCUT2D eigenvalue weighted by Crippen LogP contribution is -2.13. The van der Waals surface area contributed by atoms with Gasteiger partial charge in [-0.15, -0.1) is 0 Å². The van der Waals surface area contributed by atoms with E-state index in [9.17, 15) is 0 Å². The van der Waals surface area contributed by atoms with Crippen LogP contribution in [0.4, 0.5) is 0 Å². The van der Waals surface area contributed by atoms with Gasteiger partial charge in [-0.1, -0.05) is 32.9 Å². The Labute approximate surface area is 112 Å². The van der Waals surface area contributed by atoms with E-state index in [1.54, 1.807) is 0 Å². The molecule has 0 spiro atoms. The molecular formula is C16H27NO. The second-order valence-corrected chi connectivity index (χ2v) is 5.00. The molecule has 0 aromatic heterocycles. The molecule has 102 valence electrons.